The fraction of sp³-hybridized carbons (Fsp3) is 0.333. The highest BCUT2D eigenvalue weighted by Crippen LogP contribution is 2.37. The fourth-order valence-corrected chi connectivity index (χ4v) is 2.06. The van der Waals surface area contributed by atoms with Gasteiger partial charge >= 0.3 is 6.18 Å². The lowest BCUT2D eigenvalue weighted by atomic mass is 10.1. The summed E-state index contributed by atoms with van der Waals surface area (Å²) in [6, 6.07) is 2.92. The molecule has 2 aromatic rings. The van der Waals surface area contributed by atoms with Gasteiger partial charge in [-0.1, -0.05) is 21.1 Å². The highest BCUT2D eigenvalue weighted by Gasteiger charge is 2.35. The second-order valence-corrected chi connectivity index (χ2v) is 5.18. The summed E-state index contributed by atoms with van der Waals surface area (Å²) < 4.78 is 44.3. The van der Waals surface area contributed by atoms with Crippen LogP contribution in [0.25, 0.3) is 11.4 Å². The lowest BCUT2D eigenvalue weighted by Crippen LogP contribution is -2.12. The van der Waals surface area contributed by atoms with Crippen molar-refractivity contribution in [2.75, 3.05) is 6.61 Å². The minimum Gasteiger partial charge on any atom is -0.396 e. The highest BCUT2D eigenvalue weighted by molar-refractivity contribution is 9.10. The SMILES string of the molecule is NC(CCO)c1nc(-c2ccc(Br)cc2C(F)(F)F)no1. The first-order valence-corrected chi connectivity index (χ1v) is 6.69. The number of rotatable bonds is 4. The molecule has 9 heteroatoms. The second kappa shape index (κ2) is 6.12. The lowest BCUT2D eigenvalue weighted by molar-refractivity contribution is -0.137. The highest BCUT2D eigenvalue weighted by atomic mass is 79.9. The molecule has 1 aromatic heterocycles. The number of hydrogen-bond donors (Lipinski definition) is 2. The third kappa shape index (κ3) is 3.60. The molecule has 0 aliphatic carbocycles. The zero-order valence-electron chi connectivity index (χ0n) is 10.6. The van der Waals surface area contributed by atoms with Gasteiger partial charge in [0.05, 0.1) is 11.6 Å². The van der Waals surface area contributed by atoms with E-state index in [1.165, 1.54) is 12.1 Å². The van der Waals surface area contributed by atoms with Crippen LogP contribution >= 0.6 is 15.9 Å². The van der Waals surface area contributed by atoms with Crippen LogP contribution in [-0.2, 0) is 6.18 Å². The van der Waals surface area contributed by atoms with Crippen LogP contribution in [0.5, 0.6) is 0 Å². The molecule has 114 valence electrons. The molecule has 0 spiro atoms. The number of aromatic nitrogens is 2. The van der Waals surface area contributed by atoms with Gasteiger partial charge in [-0.05, 0) is 24.6 Å². The Morgan fingerprint density at radius 3 is 2.71 bits per heavy atom. The summed E-state index contributed by atoms with van der Waals surface area (Å²) in [5, 5.41) is 12.3. The van der Waals surface area contributed by atoms with Crippen molar-refractivity contribution in [1.82, 2.24) is 10.1 Å². The average molecular weight is 366 g/mol. The normalized spacial score (nSPS) is 13.4. The van der Waals surface area contributed by atoms with E-state index in [0.29, 0.717) is 4.47 Å². The molecule has 0 saturated carbocycles. The van der Waals surface area contributed by atoms with E-state index >= 15 is 0 Å². The molecular weight excluding hydrogens is 355 g/mol. The summed E-state index contributed by atoms with van der Waals surface area (Å²) in [5.74, 6) is -0.215. The molecule has 0 radical (unpaired) electrons. The lowest BCUT2D eigenvalue weighted by Gasteiger charge is -2.10. The first-order chi connectivity index (χ1) is 9.82. The van der Waals surface area contributed by atoms with Crippen LogP contribution in [0.15, 0.2) is 27.2 Å². The van der Waals surface area contributed by atoms with Gasteiger partial charge in [0.15, 0.2) is 0 Å². The maximum atomic E-state index is 13.0. The summed E-state index contributed by atoms with van der Waals surface area (Å²) >= 11 is 3.00. The monoisotopic (exact) mass is 365 g/mol. The van der Waals surface area contributed by atoms with Gasteiger partial charge < -0.3 is 15.4 Å². The number of halogens is 4. The van der Waals surface area contributed by atoms with Crippen molar-refractivity contribution in [2.45, 2.75) is 18.6 Å². The van der Waals surface area contributed by atoms with Gasteiger partial charge in [-0.3, -0.25) is 0 Å². The Bertz CT molecular complexity index is 630. The van der Waals surface area contributed by atoms with Gasteiger partial charge in [-0.25, -0.2) is 0 Å². The maximum absolute atomic E-state index is 13.0. The molecule has 5 nitrogen and oxygen atoms in total. The Morgan fingerprint density at radius 1 is 1.38 bits per heavy atom. The third-order valence-corrected chi connectivity index (χ3v) is 3.22. The van der Waals surface area contributed by atoms with Crippen molar-refractivity contribution in [3.8, 4) is 11.4 Å². The van der Waals surface area contributed by atoms with Gasteiger partial charge in [-0.15, -0.1) is 0 Å². The van der Waals surface area contributed by atoms with E-state index in [1.807, 2.05) is 0 Å². The third-order valence-electron chi connectivity index (χ3n) is 2.73. The molecule has 0 aliphatic rings. The van der Waals surface area contributed by atoms with Crippen LogP contribution in [-0.4, -0.2) is 21.9 Å². The van der Waals surface area contributed by atoms with Gasteiger partial charge in [0, 0.05) is 16.6 Å². The average Bonchev–Trinajstić information content (AvgIpc) is 2.87. The van der Waals surface area contributed by atoms with Crippen LogP contribution in [0, 0.1) is 0 Å². The molecule has 21 heavy (non-hydrogen) atoms. The topological polar surface area (TPSA) is 85.2 Å². The summed E-state index contributed by atoms with van der Waals surface area (Å²) in [6.07, 6.45) is -4.37. The second-order valence-electron chi connectivity index (χ2n) is 4.26. The predicted molar refractivity (Wildman–Crippen MR) is 71.1 cm³/mol. The molecule has 1 aromatic carbocycles. The molecular formula is C12H11BrF3N3O2. The molecule has 3 N–H and O–H groups in total. The summed E-state index contributed by atoms with van der Waals surface area (Å²) in [4.78, 5) is 3.87. The van der Waals surface area contributed by atoms with Crippen LogP contribution in [0.1, 0.15) is 23.9 Å². The number of alkyl halides is 3. The minimum absolute atomic E-state index is 0.0184. The van der Waals surface area contributed by atoms with Crippen LogP contribution in [0.2, 0.25) is 0 Å². The Labute approximate surface area is 126 Å². The fourth-order valence-electron chi connectivity index (χ4n) is 1.70. The smallest absolute Gasteiger partial charge is 0.396 e. The first-order valence-electron chi connectivity index (χ1n) is 5.90. The quantitative estimate of drug-likeness (QED) is 0.869. The first kappa shape index (κ1) is 15.9. The van der Waals surface area contributed by atoms with E-state index < -0.39 is 17.8 Å². The molecule has 0 fully saturated rings. The van der Waals surface area contributed by atoms with Crippen molar-refractivity contribution < 1.29 is 22.8 Å². The van der Waals surface area contributed by atoms with E-state index in [1.54, 1.807) is 0 Å². The van der Waals surface area contributed by atoms with Gasteiger partial charge in [0.1, 0.15) is 0 Å². The van der Waals surface area contributed by atoms with Crippen molar-refractivity contribution in [3.05, 3.63) is 34.1 Å². The Kier molecular flexibility index (Phi) is 4.64. The number of nitrogens with zero attached hydrogens (tertiary/aromatic N) is 2. The number of hydrogen-bond acceptors (Lipinski definition) is 5. The number of nitrogens with two attached hydrogens (primary N) is 1. The molecule has 0 aliphatic heterocycles. The largest absolute Gasteiger partial charge is 0.417 e. The zero-order chi connectivity index (χ0) is 15.6. The van der Waals surface area contributed by atoms with Crippen LogP contribution in [0.4, 0.5) is 13.2 Å². The Balaban J connectivity index is 2.43. The van der Waals surface area contributed by atoms with Crippen molar-refractivity contribution in [3.63, 3.8) is 0 Å². The predicted octanol–water partition coefficient (Wildman–Crippen LogP) is 2.90. The van der Waals surface area contributed by atoms with Gasteiger partial charge in [0.2, 0.25) is 11.7 Å². The van der Waals surface area contributed by atoms with Gasteiger partial charge in [0.25, 0.3) is 0 Å². The van der Waals surface area contributed by atoms with E-state index in [2.05, 4.69) is 26.1 Å². The van der Waals surface area contributed by atoms with Gasteiger partial charge in [-0.2, -0.15) is 18.2 Å². The molecule has 0 saturated heterocycles. The van der Waals surface area contributed by atoms with Crippen molar-refractivity contribution in [1.29, 1.82) is 0 Å². The summed E-state index contributed by atoms with van der Waals surface area (Å²) in [6.45, 7) is -0.190. The Hall–Kier alpha value is -1.45. The summed E-state index contributed by atoms with van der Waals surface area (Å²) in [5.41, 5.74) is 4.59. The zero-order valence-corrected chi connectivity index (χ0v) is 12.1. The molecule has 1 unspecified atom stereocenters. The number of benzene rings is 1. The van der Waals surface area contributed by atoms with E-state index in [9.17, 15) is 13.2 Å². The van der Waals surface area contributed by atoms with Crippen molar-refractivity contribution in [2.24, 2.45) is 5.73 Å². The van der Waals surface area contributed by atoms with E-state index in [4.69, 9.17) is 15.4 Å². The maximum Gasteiger partial charge on any atom is 0.417 e. The van der Waals surface area contributed by atoms with Crippen LogP contribution in [0.3, 0.4) is 0 Å². The van der Waals surface area contributed by atoms with Crippen molar-refractivity contribution >= 4 is 15.9 Å². The van der Waals surface area contributed by atoms with E-state index in [0.717, 1.165) is 6.07 Å². The molecule has 1 atom stereocenters. The minimum atomic E-state index is -4.55. The molecule has 2 rings (SSSR count). The van der Waals surface area contributed by atoms with E-state index in [-0.39, 0.29) is 30.3 Å². The summed E-state index contributed by atoms with van der Waals surface area (Å²) in [7, 11) is 0. The number of aliphatic hydroxyl groups is 1. The molecule has 0 amide bonds. The Morgan fingerprint density at radius 2 is 2.10 bits per heavy atom. The molecule has 1 heterocycles. The van der Waals surface area contributed by atoms with Crippen LogP contribution < -0.4 is 5.73 Å². The number of aliphatic hydroxyl groups excluding tert-OH is 1. The molecule has 0 bridgehead atoms. The standard InChI is InChI=1S/C12H11BrF3N3O2/c13-6-1-2-7(8(5-6)12(14,15)16)10-18-11(21-19-10)9(17)3-4-20/h1-2,5,9,20H,3-4,17H2.